The number of anilines is 1. The van der Waals surface area contributed by atoms with Crippen LogP contribution in [0.3, 0.4) is 0 Å². The van der Waals surface area contributed by atoms with Gasteiger partial charge < -0.3 is 15.4 Å². The molecule has 0 bridgehead atoms. The zero-order valence-corrected chi connectivity index (χ0v) is 9.62. The number of ether oxygens (including phenoxy) is 1. The second-order valence-corrected chi connectivity index (χ2v) is 3.13. The number of rotatable bonds is 6. The molecule has 0 aliphatic heterocycles. The van der Waals surface area contributed by atoms with Gasteiger partial charge in [-0.15, -0.1) is 0 Å². The van der Waals surface area contributed by atoms with Gasteiger partial charge in [0.1, 0.15) is 0 Å². The summed E-state index contributed by atoms with van der Waals surface area (Å²) in [6.45, 7) is 3.05. The van der Waals surface area contributed by atoms with E-state index in [2.05, 4.69) is 15.6 Å². The highest BCUT2D eigenvalue weighted by Gasteiger charge is 2.03. The molecule has 0 fully saturated rings. The lowest BCUT2D eigenvalue weighted by molar-refractivity contribution is -0.120. The Bertz CT molecular complexity index is 342. The second-order valence-electron chi connectivity index (χ2n) is 3.13. The SMILES string of the molecule is CCOc1cccnc1NCCC(=O)NC. The maximum Gasteiger partial charge on any atom is 0.221 e. The number of hydrogen-bond donors (Lipinski definition) is 2. The summed E-state index contributed by atoms with van der Waals surface area (Å²) in [6, 6.07) is 3.66. The smallest absolute Gasteiger partial charge is 0.221 e. The topological polar surface area (TPSA) is 63.2 Å². The van der Waals surface area contributed by atoms with Gasteiger partial charge in [-0.05, 0) is 19.1 Å². The van der Waals surface area contributed by atoms with Gasteiger partial charge in [-0.3, -0.25) is 4.79 Å². The summed E-state index contributed by atoms with van der Waals surface area (Å²) in [4.78, 5) is 15.2. The van der Waals surface area contributed by atoms with Crippen molar-refractivity contribution in [3.8, 4) is 5.75 Å². The summed E-state index contributed by atoms with van der Waals surface area (Å²) in [5.41, 5.74) is 0. The summed E-state index contributed by atoms with van der Waals surface area (Å²) in [7, 11) is 1.62. The highest BCUT2D eigenvalue weighted by molar-refractivity contribution is 5.76. The zero-order chi connectivity index (χ0) is 11.8. The fourth-order valence-electron chi connectivity index (χ4n) is 1.21. The van der Waals surface area contributed by atoms with E-state index in [4.69, 9.17) is 4.74 Å². The molecule has 0 unspecified atom stereocenters. The number of amides is 1. The zero-order valence-electron chi connectivity index (χ0n) is 9.62. The van der Waals surface area contributed by atoms with Gasteiger partial charge in [-0.25, -0.2) is 4.98 Å². The largest absolute Gasteiger partial charge is 0.490 e. The van der Waals surface area contributed by atoms with Crippen LogP contribution in [0, 0.1) is 0 Å². The molecule has 0 aliphatic rings. The van der Waals surface area contributed by atoms with Crippen molar-refractivity contribution in [3.63, 3.8) is 0 Å². The summed E-state index contributed by atoms with van der Waals surface area (Å²) in [5.74, 6) is 1.39. The van der Waals surface area contributed by atoms with Crippen molar-refractivity contribution in [3.05, 3.63) is 18.3 Å². The number of carbonyl (C=O) groups is 1. The molecule has 0 spiro atoms. The third-order valence-corrected chi connectivity index (χ3v) is 1.99. The number of carbonyl (C=O) groups excluding carboxylic acids is 1. The van der Waals surface area contributed by atoms with E-state index in [-0.39, 0.29) is 5.91 Å². The highest BCUT2D eigenvalue weighted by Crippen LogP contribution is 2.20. The molecule has 5 nitrogen and oxygen atoms in total. The first-order chi connectivity index (χ1) is 7.77. The molecule has 88 valence electrons. The molecule has 1 rings (SSSR count). The van der Waals surface area contributed by atoms with Crippen molar-refractivity contribution in [1.82, 2.24) is 10.3 Å². The lowest BCUT2D eigenvalue weighted by Crippen LogP contribution is -2.21. The standard InChI is InChI=1S/C11H17N3O2/c1-3-16-9-5-4-7-13-11(9)14-8-6-10(15)12-2/h4-5,7H,3,6,8H2,1-2H3,(H,12,15)(H,13,14). The van der Waals surface area contributed by atoms with Gasteiger partial charge in [0.15, 0.2) is 11.6 Å². The molecule has 0 saturated heterocycles. The normalized spacial score (nSPS) is 9.62. The fraction of sp³-hybridized carbons (Fsp3) is 0.455. The van der Waals surface area contributed by atoms with Crippen molar-refractivity contribution in [2.45, 2.75) is 13.3 Å². The van der Waals surface area contributed by atoms with Crippen molar-refractivity contribution < 1.29 is 9.53 Å². The van der Waals surface area contributed by atoms with Crippen LogP contribution < -0.4 is 15.4 Å². The van der Waals surface area contributed by atoms with E-state index >= 15 is 0 Å². The van der Waals surface area contributed by atoms with Crippen LogP contribution in [0.25, 0.3) is 0 Å². The van der Waals surface area contributed by atoms with Gasteiger partial charge in [-0.1, -0.05) is 0 Å². The molecular weight excluding hydrogens is 206 g/mol. The number of nitrogens with zero attached hydrogens (tertiary/aromatic N) is 1. The molecule has 1 amide bonds. The number of pyridine rings is 1. The van der Waals surface area contributed by atoms with Crippen LogP contribution in [0.4, 0.5) is 5.82 Å². The van der Waals surface area contributed by atoms with Crippen LogP contribution in [0.15, 0.2) is 18.3 Å². The van der Waals surface area contributed by atoms with Crippen LogP contribution in [0.2, 0.25) is 0 Å². The van der Waals surface area contributed by atoms with Crippen LogP contribution in [-0.2, 0) is 4.79 Å². The third-order valence-electron chi connectivity index (χ3n) is 1.99. The van der Waals surface area contributed by atoms with E-state index < -0.39 is 0 Å². The van der Waals surface area contributed by atoms with E-state index in [1.165, 1.54) is 0 Å². The second kappa shape index (κ2) is 6.66. The minimum atomic E-state index is 0.00129. The first-order valence-corrected chi connectivity index (χ1v) is 5.30. The first kappa shape index (κ1) is 12.3. The van der Waals surface area contributed by atoms with E-state index in [1.54, 1.807) is 13.2 Å². The van der Waals surface area contributed by atoms with Gasteiger partial charge in [-0.2, -0.15) is 0 Å². The Morgan fingerprint density at radius 1 is 1.56 bits per heavy atom. The molecule has 1 aromatic heterocycles. The summed E-state index contributed by atoms with van der Waals surface area (Å²) < 4.78 is 5.40. The maximum absolute atomic E-state index is 11.0. The summed E-state index contributed by atoms with van der Waals surface area (Å²) in [5, 5.41) is 5.63. The molecule has 5 heteroatoms. The Morgan fingerprint density at radius 2 is 2.38 bits per heavy atom. The average Bonchev–Trinajstić information content (AvgIpc) is 2.31. The minimum absolute atomic E-state index is 0.00129. The Kier molecular flexibility index (Phi) is 5.11. The van der Waals surface area contributed by atoms with Gasteiger partial charge in [0.05, 0.1) is 6.61 Å². The highest BCUT2D eigenvalue weighted by atomic mass is 16.5. The van der Waals surface area contributed by atoms with Gasteiger partial charge in [0, 0.05) is 26.2 Å². The molecule has 1 aromatic rings. The van der Waals surface area contributed by atoms with E-state index in [9.17, 15) is 4.79 Å². The van der Waals surface area contributed by atoms with Gasteiger partial charge >= 0.3 is 0 Å². The molecule has 2 N–H and O–H groups in total. The van der Waals surface area contributed by atoms with Crippen LogP contribution in [0.5, 0.6) is 5.75 Å². The molecule has 0 atom stereocenters. The van der Waals surface area contributed by atoms with Crippen molar-refractivity contribution in [2.24, 2.45) is 0 Å². The first-order valence-electron chi connectivity index (χ1n) is 5.30. The van der Waals surface area contributed by atoms with Crippen molar-refractivity contribution >= 4 is 11.7 Å². The lowest BCUT2D eigenvalue weighted by Gasteiger charge is -2.10. The molecular formula is C11H17N3O2. The van der Waals surface area contributed by atoms with Crippen LogP contribution in [-0.4, -0.2) is 31.1 Å². The predicted octanol–water partition coefficient (Wildman–Crippen LogP) is 1.03. The quantitative estimate of drug-likeness (QED) is 0.756. The monoisotopic (exact) mass is 223 g/mol. The van der Waals surface area contributed by atoms with Crippen molar-refractivity contribution in [2.75, 3.05) is 25.5 Å². The van der Waals surface area contributed by atoms with Gasteiger partial charge in [0.2, 0.25) is 5.91 Å². The molecule has 1 heterocycles. The van der Waals surface area contributed by atoms with Crippen molar-refractivity contribution in [1.29, 1.82) is 0 Å². The fourth-order valence-corrected chi connectivity index (χ4v) is 1.21. The Morgan fingerprint density at radius 3 is 3.06 bits per heavy atom. The van der Waals surface area contributed by atoms with E-state index in [0.29, 0.717) is 31.1 Å². The van der Waals surface area contributed by atoms with E-state index in [1.807, 2.05) is 19.1 Å². The Hall–Kier alpha value is -1.78. The molecule has 0 aromatic carbocycles. The Balaban J connectivity index is 2.49. The molecule has 0 radical (unpaired) electrons. The van der Waals surface area contributed by atoms with Crippen LogP contribution >= 0.6 is 0 Å². The lowest BCUT2D eigenvalue weighted by atomic mass is 10.3. The predicted molar refractivity (Wildman–Crippen MR) is 62.6 cm³/mol. The Labute approximate surface area is 95.2 Å². The number of hydrogen-bond acceptors (Lipinski definition) is 4. The number of nitrogens with one attached hydrogen (secondary N) is 2. The molecule has 16 heavy (non-hydrogen) atoms. The summed E-state index contributed by atoms with van der Waals surface area (Å²) >= 11 is 0. The average molecular weight is 223 g/mol. The molecule has 0 saturated carbocycles. The van der Waals surface area contributed by atoms with Gasteiger partial charge in [0.25, 0.3) is 0 Å². The third kappa shape index (κ3) is 3.76. The maximum atomic E-state index is 11.0. The number of aromatic nitrogens is 1. The van der Waals surface area contributed by atoms with E-state index in [0.717, 1.165) is 0 Å². The van der Waals surface area contributed by atoms with Crippen LogP contribution in [0.1, 0.15) is 13.3 Å². The minimum Gasteiger partial charge on any atom is -0.490 e. The summed E-state index contributed by atoms with van der Waals surface area (Å²) in [6.07, 6.45) is 2.10. The molecule has 0 aliphatic carbocycles.